The number of benzene rings is 1. The normalized spacial score (nSPS) is 10.3. The topological polar surface area (TPSA) is 61.2 Å². The Morgan fingerprint density at radius 3 is 2.65 bits per heavy atom. The number of ether oxygens (including phenoxy) is 1. The van der Waals surface area contributed by atoms with E-state index < -0.39 is 5.97 Å². The highest BCUT2D eigenvalue weighted by Gasteiger charge is 2.16. The molecular formula is C15H16N2O3. The van der Waals surface area contributed by atoms with Crippen LogP contribution in [0.2, 0.25) is 0 Å². The van der Waals surface area contributed by atoms with Gasteiger partial charge in [0.15, 0.2) is 5.69 Å². The van der Waals surface area contributed by atoms with E-state index in [1.807, 2.05) is 31.2 Å². The van der Waals surface area contributed by atoms with E-state index in [-0.39, 0.29) is 12.1 Å². The molecule has 20 heavy (non-hydrogen) atoms. The zero-order valence-electron chi connectivity index (χ0n) is 11.5. The Balaban J connectivity index is 2.26. The first-order valence-electron chi connectivity index (χ1n) is 6.28. The maximum absolute atomic E-state index is 11.6. The second kappa shape index (κ2) is 6.14. The lowest BCUT2D eigenvalue weighted by Gasteiger charge is -2.02. The molecule has 0 N–H and O–H groups in total. The highest BCUT2D eigenvalue weighted by Crippen LogP contribution is 2.11. The first-order valence-corrected chi connectivity index (χ1v) is 6.28. The summed E-state index contributed by atoms with van der Waals surface area (Å²) in [4.78, 5) is 22.3. The van der Waals surface area contributed by atoms with Gasteiger partial charge in [-0.05, 0) is 12.5 Å². The SMILES string of the molecule is COC(=O)c1nn(Cc2ccc(C)cc2)cc1CC=O. The molecule has 0 unspecified atom stereocenters. The molecule has 0 aliphatic rings. The van der Waals surface area contributed by atoms with Crippen LogP contribution in [-0.4, -0.2) is 29.1 Å². The summed E-state index contributed by atoms with van der Waals surface area (Å²) in [7, 11) is 1.30. The molecule has 0 saturated heterocycles. The Morgan fingerprint density at radius 2 is 2.05 bits per heavy atom. The third-order valence-corrected chi connectivity index (χ3v) is 2.98. The largest absolute Gasteiger partial charge is 0.464 e. The van der Waals surface area contributed by atoms with E-state index in [0.29, 0.717) is 12.1 Å². The summed E-state index contributed by atoms with van der Waals surface area (Å²) >= 11 is 0. The monoisotopic (exact) mass is 272 g/mol. The standard InChI is InChI=1S/C15H16N2O3/c1-11-3-5-12(6-4-11)9-17-10-13(7-8-18)14(16-17)15(19)20-2/h3-6,8,10H,7,9H2,1-2H3. The summed E-state index contributed by atoms with van der Waals surface area (Å²) in [5.74, 6) is -0.524. The average molecular weight is 272 g/mol. The van der Waals surface area contributed by atoms with Crippen LogP contribution >= 0.6 is 0 Å². The molecule has 1 aromatic carbocycles. The third-order valence-electron chi connectivity index (χ3n) is 2.98. The molecule has 0 radical (unpaired) electrons. The summed E-state index contributed by atoms with van der Waals surface area (Å²) in [5.41, 5.74) is 3.05. The van der Waals surface area contributed by atoms with Crippen molar-refractivity contribution in [3.63, 3.8) is 0 Å². The van der Waals surface area contributed by atoms with Crippen molar-refractivity contribution in [2.75, 3.05) is 7.11 Å². The van der Waals surface area contributed by atoms with Gasteiger partial charge in [0.05, 0.1) is 13.7 Å². The van der Waals surface area contributed by atoms with Gasteiger partial charge in [0, 0.05) is 18.2 Å². The highest BCUT2D eigenvalue weighted by atomic mass is 16.5. The highest BCUT2D eigenvalue weighted by molar-refractivity contribution is 5.89. The summed E-state index contributed by atoms with van der Waals surface area (Å²) in [6.07, 6.45) is 2.61. The Labute approximate surface area is 117 Å². The molecule has 0 amide bonds. The predicted octanol–water partition coefficient (Wildman–Crippen LogP) is 1.77. The summed E-state index contributed by atoms with van der Waals surface area (Å²) < 4.78 is 6.32. The van der Waals surface area contributed by atoms with Gasteiger partial charge in [-0.25, -0.2) is 4.79 Å². The Hall–Kier alpha value is -2.43. The van der Waals surface area contributed by atoms with E-state index in [0.717, 1.165) is 11.8 Å². The summed E-state index contributed by atoms with van der Waals surface area (Å²) in [5, 5.41) is 4.20. The van der Waals surface area contributed by atoms with Crippen molar-refractivity contribution in [3.05, 3.63) is 52.8 Å². The summed E-state index contributed by atoms with van der Waals surface area (Å²) in [6, 6.07) is 8.06. The fraction of sp³-hybridized carbons (Fsp3) is 0.267. The maximum Gasteiger partial charge on any atom is 0.358 e. The van der Waals surface area contributed by atoms with Crippen molar-refractivity contribution < 1.29 is 14.3 Å². The first-order chi connectivity index (χ1) is 9.63. The molecule has 1 heterocycles. The molecule has 0 fully saturated rings. The number of carbonyl (C=O) groups is 2. The number of methoxy groups -OCH3 is 1. The first kappa shape index (κ1) is 14.0. The van der Waals surface area contributed by atoms with Gasteiger partial charge >= 0.3 is 5.97 Å². The second-order valence-electron chi connectivity index (χ2n) is 4.55. The number of esters is 1. The molecule has 0 aliphatic carbocycles. The van der Waals surface area contributed by atoms with Crippen molar-refractivity contribution in [2.45, 2.75) is 19.9 Å². The number of aldehydes is 1. The number of rotatable bonds is 5. The maximum atomic E-state index is 11.6. The number of nitrogens with zero attached hydrogens (tertiary/aromatic N) is 2. The van der Waals surface area contributed by atoms with Crippen LogP contribution in [0, 0.1) is 6.92 Å². The fourth-order valence-electron chi connectivity index (χ4n) is 1.93. The van der Waals surface area contributed by atoms with Crippen LogP contribution in [-0.2, 0) is 22.5 Å². The van der Waals surface area contributed by atoms with Gasteiger partial charge in [-0.2, -0.15) is 5.10 Å². The van der Waals surface area contributed by atoms with Crippen molar-refractivity contribution in [3.8, 4) is 0 Å². The lowest BCUT2D eigenvalue weighted by Crippen LogP contribution is -2.07. The minimum Gasteiger partial charge on any atom is -0.464 e. The molecule has 2 rings (SSSR count). The van der Waals surface area contributed by atoms with E-state index in [1.54, 1.807) is 10.9 Å². The molecule has 0 saturated carbocycles. The quantitative estimate of drug-likeness (QED) is 0.614. The molecule has 0 aliphatic heterocycles. The van der Waals surface area contributed by atoms with E-state index in [4.69, 9.17) is 0 Å². The van der Waals surface area contributed by atoms with E-state index in [2.05, 4.69) is 9.84 Å². The zero-order chi connectivity index (χ0) is 14.5. The van der Waals surface area contributed by atoms with Gasteiger partial charge in [-0.3, -0.25) is 4.68 Å². The molecule has 0 atom stereocenters. The molecule has 5 nitrogen and oxygen atoms in total. The smallest absolute Gasteiger partial charge is 0.358 e. The third kappa shape index (κ3) is 3.12. The molecule has 0 bridgehead atoms. The zero-order valence-corrected chi connectivity index (χ0v) is 11.5. The number of hydrogen-bond acceptors (Lipinski definition) is 4. The lowest BCUT2D eigenvalue weighted by molar-refractivity contribution is -0.107. The average Bonchev–Trinajstić information content (AvgIpc) is 2.84. The Bertz CT molecular complexity index is 615. The Kier molecular flexibility index (Phi) is 4.30. The van der Waals surface area contributed by atoms with E-state index in [9.17, 15) is 9.59 Å². The summed E-state index contributed by atoms with van der Waals surface area (Å²) in [6.45, 7) is 2.57. The van der Waals surface area contributed by atoms with Crippen LogP contribution in [0.3, 0.4) is 0 Å². The van der Waals surface area contributed by atoms with E-state index in [1.165, 1.54) is 12.7 Å². The van der Waals surface area contributed by atoms with Crippen molar-refractivity contribution in [1.29, 1.82) is 0 Å². The Morgan fingerprint density at radius 1 is 1.35 bits per heavy atom. The van der Waals surface area contributed by atoms with Gasteiger partial charge in [0.2, 0.25) is 0 Å². The minimum atomic E-state index is -0.524. The number of carbonyl (C=O) groups excluding carboxylic acids is 2. The van der Waals surface area contributed by atoms with Crippen LogP contribution in [0.15, 0.2) is 30.5 Å². The second-order valence-corrected chi connectivity index (χ2v) is 4.55. The van der Waals surface area contributed by atoms with Gasteiger partial charge in [0.1, 0.15) is 6.29 Å². The number of hydrogen-bond donors (Lipinski definition) is 0. The fourth-order valence-corrected chi connectivity index (χ4v) is 1.93. The molecule has 0 spiro atoms. The van der Waals surface area contributed by atoms with Gasteiger partial charge in [-0.15, -0.1) is 0 Å². The molecule has 1 aromatic heterocycles. The molecule has 104 valence electrons. The predicted molar refractivity (Wildman–Crippen MR) is 73.6 cm³/mol. The minimum absolute atomic E-state index is 0.151. The van der Waals surface area contributed by atoms with Crippen molar-refractivity contribution in [1.82, 2.24) is 9.78 Å². The van der Waals surface area contributed by atoms with Crippen LogP contribution < -0.4 is 0 Å². The van der Waals surface area contributed by atoms with E-state index >= 15 is 0 Å². The number of aryl methyl sites for hydroxylation is 1. The van der Waals surface area contributed by atoms with Crippen LogP contribution in [0.5, 0.6) is 0 Å². The van der Waals surface area contributed by atoms with Crippen molar-refractivity contribution in [2.24, 2.45) is 0 Å². The number of aromatic nitrogens is 2. The molecule has 5 heteroatoms. The van der Waals surface area contributed by atoms with Gasteiger partial charge in [-0.1, -0.05) is 29.8 Å². The van der Waals surface area contributed by atoms with Gasteiger partial charge in [0.25, 0.3) is 0 Å². The van der Waals surface area contributed by atoms with Crippen LogP contribution in [0.25, 0.3) is 0 Å². The van der Waals surface area contributed by atoms with Gasteiger partial charge < -0.3 is 9.53 Å². The molecular weight excluding hydrogens is 256 g/mol. The van der Waals surface area contributed by atoms with Crippen LogP contribution in [0.4, 0.5) is 0 Å². The molecule has 2 aromatic rings. The lowest BCUT2D eigenvalue weighted by atomic mass is 10.1. The van der Waals surface area contributed by atoms with Crippen molar-refractivity contribution >= 4 is 12.3 Å². The van der Waals surface area contributed by atoms with Crippen LogP contribution in [0.1, 0.15) is 27.2 Å².